The molecule has 1 atom stereocenters. The van der Waals surface area contributed by atoms with Crippen LogP contribution in [0.4, 0.5) is 4.39 Å². The van der Waals surface area contributed by atoms with Gasteiger partial charge >= 0.3 is 0 Å². The summed E-state index contributed by atoms with van der Waals surface area (Å²) < 4.78 is 26.5. The maximum Gasteiger partial charge on any atom is 0.275 e. The van der Waals surface area contributed by atoms with Gasteiger partial charge in [-0.3, -0.25) is 14.4 Å². The molecular formula is C23H25ClFN3O6. The molecule has 2 aliphatic heterocycles. The van der Waals surface area contributed by atoms with Crippen LogP contribution in [0.2, 0.25) is 5.02 Å². The number of halogens is 2. The summed E-state index contributed by atoms with van der Waals surface area (Å²) in [7, 11) is 0. The number of nitrogens with zero attached hydrogens (tertiary/aromatic N) is 2. The Morgan fingerprint density at radius 3 is 2.88 bits per heavy atom. The summed E-state index contributed by atoms with van der Waals surface area (Å²) in [6.07, 6.45) is 1.83. The number of carbonyl (C=O) groups is 2. The Kier molecular flexibility index (Phi) is 6.92. The number of aromatic hydroxyl groups is 1. The van der Waals surface area contributed by atoms with E-state index in [1.165, 1.54) is 22.9 Å². The number of amides is 2. The molecule has 1 saturated heterocycles. The predicted molar refractivity (Wildman–Crippen MR) is 121 cm³/mol. The Morgan fingerprint density at radius 1 is 1.38 bits per heavy atom. The van der Waals surface area contributed by atoms with Crippen LogP contribution in [-0.2, 0) is 22.6 Å². The van der Waals surface area contributed by atoms with E-state index in [1.807, 2.05) is 6.92 Å². The molecule has 11 heteroatoms. The number of benzene rings is 1. The lowest BCUT2D eigenvalue weighted by atomic mass is 9.92. The second-order valence-electron chi connectivity index (χ2n) is 8.27. The van der Waals surface area contributed by atoms with Crippen molar-refractivity contribution in [3.63, 3.8) is 0 Å². The Morgan fingerprint density at radius 2 is 2.18 bits per heavy atom. The summed E-state index contributed by atoms with van der Waals surface area (Å²) in [4.78, 5) is 40.5. The fourth-order valence-electron chi connectivity index (χ4n) is 4.44. The zero-order valence-corrected chi connectivity index (χ0v) is 19.4. The van der Waals surface area contributed by atoms with E-state index < -0.39 is 34.3 Å². The molecule has 0 bridgehead atoms. The summed E-state index contributed by atoms with van der Waals surface area (Å²) in [5, 5.41) is 13.0. The molecule has 3 heterocycles. The van der Waals surface area contributed by atoms with Crippen molar-refractivity contribution in [3.05, 3.63) is 62.3 Å². The van der Waals surface area contributed by atoms with Gasteiger partial charge in [0.15, 0.2) is 11.4 Å². The van der Waals surface area contributed by atoms with Gasteiger partial charge in [0.05, 0.1) is 23.8 Å². The van der Waals surface area contributed by atoms with Crippen LogP contribution in [0.15, 0.2) is 29.2 Å². The number of hydrogen-bond acceptors (Lipinski definition) is 6. The van der Waals surface area contributed by atoms with Gasteiger partial charge in [-0.05, 0) is 19.4 Å². The topological polar surface area (TPSA) is 110 Å². The first-order valence-electron chi connectivity index (χ1n) is 10.9. The molecule has 1 fully saturated rings. The third-order valence-corrected chi connectivity index (χ3v) is 6.49. The van der Waals surface area contributed by atoms with Gasteiger partial charge in [0.1, 0.15) is 11.4 Å². The number of pyridine rings is 1. The second kappa shape index (κ2) is 9.73. The summed E-state index contributed by atoms with van der Waals surface area (Å²) >= 11 is 5.77. The van der Waals surface area contributed by atoms with Crippen LogP contribution in [0, 0.1) is 5.82 Å². The van der Waals surface area contributed by atoms with Crippen molar-refractivity contribution in [3.8, 4) is 5.75 Å². The molecule has 4 rings (SSSR count). The molecule has 1 unspecified atom stereocenters. The zero-order valence-electron chi connectivity index (χ0n) is 18.6. The van der Waals surface area contributed by atoms with E-state index in [0.29, 0.717) is 26.2 Å². The minimum Gasteiger partial charge on any atom is -0.503 e. The van der Waals surface area contributed by atoms with Crippen LogP contribution in [0.3, 0.4) is 0 Å². The fraction of sp³-hybridized carbons (Fsp3) is 0.435. The van der Waals surface area contributed by atoms with Crippen LogP contribution < -0.4 is 10.7 Å². The predicted octanol–water partition coefficient (Wildman–Crippen LogP) is 1.93. The Bertz CT molecular complexity index is 1180. The van der Waals surface area contributed by atoms with E-state index in [9.17, 15) is 23.9 Å². The highest BCUT2D eigenvalue weighted by Gasteiger charge is 2.48. The van der Waals surface area contributed by atoms with E-state index >= 15 is 0 Å². The summed E-state index contributed by atoms with van der Waals surface area (Å²) in [6.45, 7) is 3.68. The molecule has 1 aromatic carbocycles. The van der Waals surface area contributed by atoms with Crippen molar-refractivity contribution in [2.75, 3.05) is 33.0 Å². The molecule has 2 aliphatic rings. The normalized spacial score (nSPS) is 19.5. The highest BCUT2D eigenvalue weighted by atomic mass is 35.5. The number of carbonyl (C=O) groups excluding carboxylic acids is 2. The maximum atomic E-state index is 14.1. The number of fused-ring (bicyclic) bond motifs is 1. The Hall–Kier alpha value is -2.95. The van der Waals surface area contributed by atoms with E-state index in [1.54, 1.807) is 11.0 Å². The van der Waals surface area contributed by atoms with Crippen LogP contribution in [-0.4, -0.2) is 64.9 Å². The largest absolute Gasteiger partial charge is 0.503 e. The minimum absolute atomic E-state index is 0.0882. The Balaban J connectivity index is 1.64. The van der Waals surface area contributed by atoms with Gasteiger partial charge in [0.2, 0.25) is 5.43 Å². The molecule has 34 heavy (non-hydrogen) atoms. The lowest BCUT2D eigenvalue weighted by molar-refractivity contribution is 0.0104. The van der Waals surface area contributed by atoms with Crippen LogP contribution in [0.25, 0.3) is 0 Å². The van der Waals surface area contributed by atoms with Crippen molar-refractivity contribution >= 4 is 23.4 Å². The van der Waals surface area contributed by atoms with Gasteiger partial charge in [-0.2, -0.15) is 0 Å². The van der Waals surface area contributed by atoms with Crippen molar-refractivity contribution in [1.29, 1.82) is 0 Å². The summed E-state index contributed by atoms with van der Waals surface area (Å²) in [6, 6.07) is 4.38. The SMILES string of the molecule is CCOCCN1C(=O)c2c(O)c(=O)c(C(=O)NCc3cccc(Cl)c3F)cn2CC12CCOC2. The first-order chi connectivity index (χ1) is 16.3. The quantitative estimate of drug-likeness (QED) is 0.570. The summed E-state index contributed by atoms with van der Waals surface area (Å²) in [5.41, 5.74) is -2.05. The first-order valence-corrected chi connectivity index (χ1v) is 11.3. The third-order valence-electron chi connectivity index (χ3n) is 6.20. The zero-order chi connectivity index (χ0) is 24.5. The highest BCUT2D eigenvalue weighted by molar-refractivity contribution is 6.30. The molecule has 9 nitrogen and oxygen atoms in total. The first kappa shape index (κ1) is 24.2. The van der Waals surface area contributed by atoms with Gasteiger partial charge in [-0.1, -0.05) is 23.7 Å². The molecule has 0 saturated carbocycles. The van der Waals surface area contributed by atoms with Crippen molar-refractivity contribution in [2.24, 2.45) is 0 Å². The van der Waals surface area contributed by atoms with E-state index in [2.05, 4.69) is 5.32 Å². The number of rotatable bonds is 7. The molecule has 2 aromatic rings. The second-order valence-corrected chi connectivity index (χ2v) is 8.68. The monoisotopic (exact) mass is 493 g/mol. The number of aromatic nitrogens is 1. The fourth-order valence-corrected chi connectivity index (χ4v) is 4.63. The molecule has 2 N–H and O–H groups in total. The average molecular weight is 494 g/mol. The third kappa shape index (κ3) is 4.28. The molecule has 0 aliphatic carbocycles. The van der Waals surface area contributed by atoms with Gasteiger partial charge < -0.3 is 29.4 Å². The highest BCUT2D eigenvalue weighted by Crippen LogP contribution is 2.35. The van der Waals surface area contributed by atoms with Crippen molar-refractivity contribution in [2.45, 2.75) is 32.0 Å². The van der Waals surface area contributed by atoms with Gasteiger partial charge in [-0.15, -0.1) is 0 Å². The molecule has 1 spiro atoms. The molecule has 182 valence electrons. The number of nitrogens with one attached hydrogen (secondary N) is 1. The molecule has 0 radical (unpaired) electrons. The lowest BCUT2D eigenvalue weighted by Crippen LogP contribution is -2.60. The molecular weight excluding hydrogens is 469 g/mol. The van der Waals surface area contributed by atoms with E-state index in [-0.39, 0.29) is 48.1 Å². The van der Waals surface area contributed by atoms with Gasteiger partial charge in [0.25, 0.3) is 11.8 Å². The van der Waals surface area contributed by atoms with E-state index in [0.717, 1.165) is 0 Å². The lowest BCUT2D eigenvalue weighted by Gasteiger charge is -2.45. The summed E-state index contributed by atoms with van der Waals surface area (Å²) in [5.74, 6) is -2.81. The van der Waals surface area contributed by atoms with Crippen LogP contribution in [0.1, 0.15) is 39.8 Å². The van der Waals surface area contributed by atoms with Crippen molar-refractivity contribution < 1.29 is 28.6 Å². The van der Waals surface area contributed by atoms with Crippen LogP contribution in [0.5, 0.6) is 5.75 Å². The average Bonchev–Trinajstić information content (AvgIpc) is 3.27. The van der Waals surface area contributed by atoms with E-state index in [4.69, 9.17) is 21.1 Å². The number of hydrogen-bond donors (Lipinski definition) is 2. The van der Waals surface area contributed by atoms with Crippen LogP contribution >= 0.6 is 11.6 Å². The van der Waals surface area contributed by atoms with Gasteiger partial charge in [0, 0.05) is 44.6 Å². The standard InChI is InChI=1S/C23H25ClFN3O6/c1-2-33-9-7-28-22(32)18-20(30)19(29)15(11-27(18)12-23(28)6-8-34-13-23)21(31)26-10-14-4-3-5-16(24)17(14)25/h3-5,11,30H,2,6-10,12-13H2,1H3,(H,26,31). The van der Waals surface area contributed by atoms with Gasteiger partial charge in [-0.25, -0.2) is 4.39 Å². The smallest absolute Gasteiger partial charge is 0.275 e. The molecule has 2 amide bonds. The van der Waals surface area contributed by atoms with Crippen molar-refractivity contribution in [1.82, 2.24) is 14.8 Å². The Labute approximate surface area is 200 Å². The minimum atomic E-state index is -0.980. The molecule has 1 aromatic heterocycles. The number of ether oxygens (including phenoxy) is 2. The maximum absolute atomic E-state index is 14.1.